The molecule has 236 valence electrons. The quantitative estimate of drug-likeness (QED) is 0.271. The van der Waals surface area contributed by atoms with E-state index in [1.54, 1.807) is 17.0 Å². The number of carbonyl (C=O) groups excluding carboxylic acids is 3. The zero-order chi connectivity index (χ0) is 31.3. The Labute approximate surface area is 259 Å². The van der Waals surface area contributed by atoms with Crippen LogP contribution < -0.4 is 5.32 Å². The molecule has 2 saturated heterocycles. The fourth-order valence-electron chi connectivity index (χ4n) is 7.16. The van der Waals surface area contributed by atoms with Crippen LogP contribution in [0.4, 0.5) is 0 Å². The van der Waals surface area contributed by atoms with E-state index >= 15 is 0 Å². The summed E-state index contributed by atoms with van der Waals surface area (Å²) in [6, 6.07) is 12.5. The molecular weight excluding hydrogens is 558 g/mol. The van der Waals surface area contributed by atoms with Gasteiger partial charge >= 0.3 is 5.97 Å². The van der Waals surface area contributed by atoms with Gasteiger partial charge in [-0.15, -0.1) is 0 Å². The first kappa shape index (κ1) is 31.9. The molecule has 44 heavy (non-hydrogen) atoms. The van der Waals surface area contributed by atoms with E-state index in [9.17, 15) is 24.3 Å². The summed E-state index contributed by atoms with van der Waals surface area (Å²) in [7, 11) is 0. The van der Waals surface area contributed by atoms with Crippen molar-refractivity contribution >= 4 is 23.6 Å². The third-order valence-electron chi connectivity index (χ3n) is 9.92. The highest BCUT2D eigenvalue weighted by atomic mass is 16.4. The first-order chi connectivity index (χ1) is 21.2. The fourth-order valence-corrected chi connectivity index (χ4v) is 7.16. The predicted molar refractivity (Wildman–Crippen MR) is 166 cm³/mol. The Bertz CT molecular complexity index is 1330. The molecule has 0 bridgehead atoms. The van der Waals surface area contributed by atoms with E-state index in [2.05, 4.69) is 17.1 Å². The SMILES string of the molecule is CCCCN1C(=O)[C@@H]([C@H](O)C2CCCCCC2)NC(=O)C12CCN(Cc1ccc(C(=O)c3ccc(C(=O)O)cc3)cc1)CC2. The van der Waals surface area contributed by atoms with Gasteiger partial charge in [-0.25, -0.2) is 4.79 Å². The second kappa shape index (κ2) is 14.0. The maximum Gasteiger partial charge on any atom is 0.335 e. The molecule has 5 rings (SSSR count). The number of nitrogens with zero attached hydrogens (tertiary/aromatic N) is 2. The van der Waals surface area contributed by atoms with E-state index in [-0.39, 0.29) is 29.1 Å². The van der Waals surface area contributed by atoms with Crippen LogP contribution in [0.25, 0.3) is 0 Å². The Morgan fingerprint density at radius 1 is 0.909 bits per heavy atom. The minimum Gasteiger partial charge on any atom is -0.478 e. The van der Waals surface area contributed by atoms with E-state index in [1.807, 2.05) is 12.1 Å². The largest absolute Gasteiger partial charge is 0.478 e. The average Bonchev–Trinajstić information content (AvgIpc) is 3.33. The zero-order valence-electron chi connectivity index (χ0n) is 25.7. The molecule has 2 aliphatic heterocycles. The molecule has 1 spiro atoms. The van der Waals surface area contributed by atoms with Gasteiger partial charge in [0, 0.05) is 37.3 Å². The number of aromatic carboxylic acids is 1. The van der Waals surface area contributed by atoms with Crippen LogP contribution in [0.1, 0.15) is 103 Å². The van der Waals surface area contributed by atoms with E-state index in [1.165, 1.54) is 24.3 Å². The monoisotopic (exact) mass is 603 g/mol. The van der Waals surface area contributed by atoms with Crippen LogP contribution in [0.2, 0.25) is 0 Å². The minimum absolute atomic E-state index is 0.0369. The Kier molecular flexibility index (Phi) is 10.2. The van der Waals surface area contributed by atoms with Crippen molar-refractivity contribution in [2.24, 2.45) is 5.92 Å². The standard InChI is InChI=1S/C35H45N3O6/c1-2-3-20-38-32(41)29(31(40)25-8-6-4-5-7-9-25)36-34(44)35(38)18-21-37(22-19-35)23-24-10-12-26(13-11-24)30(39)27-14-16-28(17-15-27)33(42)43/h10-17,25,29,31,40H,2-9,18-23H2,1H3,(H,36,44)(H,42,43)/t29-,31-/m1/s1. The summed E-state index contributed by atoms with van der Waals surface area (Å²) in [6.07, 6.45) is 8.13. The number of ketones is 1. The van der Waals surface area contributed by atoms with Gasteiger partial charge in [-0.1, -0.05) is 75.4 Å². The third kappa shape index (κ3) is 6.74. The molecule has 2 aromatic carbocycles. The van der Waals surface area contributed by atoms with Crippen molar-refractivity contribution in [3.8, 4) is 0 Å². The van der Waals surface area contributed by atoms with Crippen LogP contribution in [0.5, 0.6) is 0 Å². The molecule has 3 fully saturated rings. The molecule has 0 aromatic heterocycles. The van der Waals surface area contributed by atoms with Crippen LogP contribution >= 0.6 is 0 Å². The lowest BCUT2D eigenvalue weighted by molar-refractivity contribution is -0.165. The van der Waals surface area contributed by atoms with Crippen molar-refractivity contribution in [3.63, 3.8) is 0 Å². The lowest BCUT2D eigenvalue weighted by Crippen LogP contribution is -2.75. The van der Waals surface area contributed by atoms with E-state index in [0.717, 1.165) is 56.9 Å². The van der Waals surface area contributed by atoms with Crippen LogP contribution in [-0.2, 0) is 16.1 Å². The van der Waals surface area contributed by atoms with Crippen molar-refractivity contribution in [3.05, 3.63) is 70.8 Å². The molecule has 1 saturated carbocycles. The van der Waals surface area contributed by atoms with Crippen molar-refractivity contribution < 1.29 is 29.4 Å². The van der Waals surface area contributed by atoms with Crippen LogP contribution in [0, 0.1) is 5.92 Å². The second-order valence-corrected chi connectivity index (χ2v) is 12.8. The highest BCUT2D eigenvalue weighted by Gasteiger charge is 2.55. The smallest absolute Gasteiger partial charge is 0.335 e. The number of unbranched alkanes of at least 4 members (excludes halogenated alkanes) is 1. The molecule has 2 atom stereocenters. The summed E-state index contributed by atoms with van der Waals surface area (Å²) in [5.41, 5.74) is 1.24. The molecule has 2 heterocycles. The first-order valence-corrected chi connectivity index (χ1v) is 16.2. The Hall–Kier alpha value is -3.56. The minimum atomic E-state index is -1.03. The maximum absolute atomic E-state index is 13.9. The van der Waals surface area contributed by atoms with Gasteiger partial charge < -0.3 is 20.4 Å². The van der Waals surface area contributed by atoms with Gasteiger partial charge in [0.2, 0.25) is 11.8 Å². The number of carboxylic acids is 1. The number of amides is 2. The lowest BCUT2D eigenvalue weighted by Gasteiger charge is -2.52. The normalized spacial score (nSPS) is 22.0. The van der Waals surface area contributed by atoms with Crippen molar-refractivity contribution in [1.29, 1.82) is 0 Å². The molecule has 9 heteroatoms. The van der Waals surface area contributed by atoms with Gasteiger partial charge in [-0.05, 0) is 55.7 Å². The van der Waals surface area contributed by atoms with Gasteiger partial charge in [-0.2, -0.15) is 0 Å². The number of benzene rings is 2. The Balaban J connectivity index is 1.22. The number of hydrogen-bond donors (Lipinski definition) is 3. The van der Waals surface area contributed by atoms with Crippen molar-refractivity contribution in [2.75, 3.05) is 19.6 Å². The van der Waals surface area contributed by atoms with E-state index < -0.39 is 23.7 Å². The third-order valence-corrected chi connectivity index (χ3v) is 9.92. The van der Waals surface area contributed by atoms with Crippen molar-refractivity contribution in [2.45, 2.75) is 95.4 Å². The molecule has 3 aliphatic rings. The Morgan fingerprint density at radius 2 is 1.48 bits per heavy atom. The number of piperazine rings is 1. The number of aliphatic hydroxyl groups is 1. The maximum atomic E-state index is 13.9. The van der Waals surface area contributed by atoms with Crippen LogP contribution in [-0.4, -0.2) is 80.9 Å². The summed E-state index contributed by atoms with van der Waals surface area (Å²) in [4.78, 5) is 55.8. The summed E-state index contributed by atoms with van der Waals surface area (Å²) >= 11 is 0. The number of rotatable bonds is 10. The van der Waals surface area contributed by atoms with Gasteiger partial charge in [0.15, 0.2) is 5.78 Å². The van der Waals surface area contributed by atoms with Gasteiger partial charge in [0.1, 0.15) is 11.6 Å². The summed E-state index contributed by atoms with van der Waals surface area (Å²) in [6.45, 7) is 4.55. The molecular formula is C35H45N3O6. The number of carbonyl (C=O) groups is 4. The second-order valence-electron chi connectivity index (χ2n) is 12.8. The number of piperidine rings is 1. The lowest BCUT2D eigenvalue weighted by atomic mass is 9.79. The zero-order valence-corrected chi connectivity index (χ0v) is 25.7. The highest BCUT2D eigenvalue weighted by molar-refractivity contribution is 6.09. The van der Waals surface area contributed by atoms with Crippen LogP contribution in [0.15, 0.2) is 48.5 Å². The number of nitrogens with one attached hydrogen (secondary N) is 1. The Morgan fingerprint density at radius 3 is 2.05 bits per heavy atom. The average molecular weight is 604 g/mol. The van der Waals surface area contributed by atoms with Crippen molar-refractivity contribution in [1.82, 2.24) is 15.1 Å². The number of likely N-dealkylation sites (tertiary alicyclic amines) is 1. The van der Waals surface area contributed by atoms with Gasteiger partial charge in [0.25, 0.3) is 0 Å². The molecule has 2 amide bonds. The number of hydrogen-bond acceptors (Lipinski definition) is 6. The number of aliphatic hydroxyl groups excluding tert-OH is 1. The molecule has 0 unspecified atom stereocenters. The van der Waals surface area contributed by atoms with Gasteiger partial charge in [0.05, 0.1) is 11.7 Å². The predicted octanol–water partition coefficient (Wildman–Crippen LogP) is 4.41. The first-order valence-electron chi connectivity index (χ1n) is 16.2. The molecule has 0 radical (unpaired) electrons. The number of carboxylic acid groups (broad SMARTS) is 1. The van der Waals surface area contributed by atoms with E-state index in [0.29, 0.717) is 50.1 Å². The molecule has 2 aromatic rings. The molecule has 9 nitrogen and oxygen atoms in total. The molecule has 3 N–H and O–H groups in total. The van der Waals surface area contributed by atoms with Crippen LogP contribution in [0.3, 0.4) is 0 Å². The highest BCUT2D eigenvalue weighted by Crippen LogP contribution is 2.36. The molecule has 1 aliphatic carbocycles. The van der Waals surface area contributed by atoms with Gasteiger partial charge in [-0.3, -0.25) is 19.3 Å². The summed E-state index contributed by atoms with van der Waals surface area (Å²) in [5, 5.41) is 23.4. The van der Waals surface area contributed by atoms with E-state index in [4.69, 9.17) is 5.11 Å². The summed E-state index contributed by atoms with van der Waals surface area (Å²) < 4.78 is 0. The topological polar surface area (TPSA) is 127 Å². The summed E-state index contributed by atoms with van der Waals surface area (Å²) in [5.74, 6) is -1.44. The fraction of sp³-hybridized carbons (Fsp3) is 0.543.